The third kappa shape index (κ3) is 3.41. The van der Waals surface area contributed by atoms with Gasteiger partial charge in [0.2, 0.25) is 0 Å². The van der Waals surface area contributed by atoms with Crippen molar-refractivity contribution in [1.29, 1.82) is 0 Å². The predicted molar refractivity (Wildman–Crippen MR) is 120 cm³/mol. The molecule has 2 aromatic heterocycles. The first-order chi connectivity index (χ1) is 14.7. The highest BCUT2D eigenvalue weighted by molar-refractivity contribution is 7.15. The molecular formula is C23H22N4O2S. The zero-order valence-electron chi connectivity index (χ0n) is 16.7. The van der Waals surface area contributed by atoms with E-state index < -0.39 is 0 Å². The number of amides is 1. The number of ether oxygens (including phenoxy) is 1. The van der Waals surface area contributed by atoms with Crippen molar-refractivity contribution in [3.8, 4) is 17.0 Å². The smallest absolute Gasteiger partial charge is 0.271 e. The van der Waals surface area contributed by atoms with Gasteiger partial charge in [-0.3, -0.25) is 9.20 Å². The number of piperazine rings is 1. The van der Waals surface area contributed by atoms with Crippen LogP contribution in [-0.2, 0) is 0 Å². The molecule has 5 rings (SSSR count). The van der Waals surface area contributed by atoms with E-state index in [0.29, 0.717) is 18.8 Å². The summed E-state index contributed by atoms with van der Waals surface area (Å²) >= 11 is 1.50. The Balaban J connectivity index is 1.30. The fraction of sp³-hybridized carbons (Fsp3) is 0.217. The summed E-state index contributed by atoms with van der Waals surface area (Å²) in [7, 11) is 1.67. The fourth-order valence-electron chi connectivity index (χ4n) is 3.81. The van der Waals surface area contributed by atoms with Crippen LogP contribution in [0.5, 0.6) is 5.75 Å². The number of carbonyl (C=O) groups is 1. The Bertz CT molecular complexity index is 1160. The van der Waals surface area contributed by atoms with Crippen molar-refractivity contribution < 1.29 is 9.53 Å². The summed E-state index contributed by atoms with van der Waals surface area (Å²) in [5.74, 6) is 0.914. The second-order valence-corrected chi connectivity index (χ2v) is 8.08. The number of carbonyl (C=O) groups excluding carboxylic acids is 1. The molecule has 0 radical (unpaired) electrons. The molecule has 0 atom stereocenters. The van der Waals surface area contributed by atoms with Crippen molar-refractivity contribution in [3.05, 3.63) is 71.9 Å². The van der Waals surface area contributed by atoms with E-state index >= 15 is 0 Å². The van der Waals surface area contributed by atoms with Gasteiger partial charge < -0.3 is 14.5 Å². The maximum absolute atomic E-state index is 13.2. The number of rotatable bonds is 4. The Hall–Kier alpha value is -3.32. The van der Waals surface area contributed by atoms with E-state index in [2.05, 4.69) is 22.0 Å². The first-order valence-corrected chi connectivity index (χ1v) is 10.8. The van der Waals surface area contributed by atoms with Crippen LogP contribution in [0.2, 0.25) is 0 Å². The molecule has 1 aliphatic rings. The van der Waals surface area contributed by atoms with Gasteiger partial charge in [-0.15, -0.1) is 11.3 Å². The van der Waals surface area contributed by atoms with Crippen LogP contribution >= 0.6 is 11.3 Å². The molecule has 0 unspecified atom stereocenters. The van der Waals surface area contributed by atoms with Gasteiger partial charge >= 0.3 is 0 Å². The van der Waals surface area contributed by atoms with Crippen LogP contribution in [0.1, 0.15) is 10.5 Å². The summed E-state index contributed by atoms with van der Waals surface area (Å²) in [6.07, 6.45) is 1.96. The molecule has 0 N–H and O–H groups in total. The molecule has 0 bridgehead atoms. The molecule has 30 heavy (non-hydrogen) atoms. The summed E-state index contributed by atoms with van der Waals surface area (Å²) in [5, 5.41) is 1.91. The van der Waals surface area contributed by atoms with E-state index in [1.807, 2.05) is 63.3 Å². The van der Waals surface area contributed by atoms with E-state index in [0.717, 1.165) is 40.7 Å². The quantitative estimate of drug-likeness (QED) is 0.502. The van der Waals surface area contributed by atoms with Crippen molar-refractivity contribution in [1.82, 2.24) is 14.3 Å². The maximum atomic E-state index is 13.2. The van der Waals surface area contributed by atoms with Crippen LogP contribution in [0.4, 0.5) is 5.69 Å². The lowest BCUT2D eigenvalue weighted by Gasteiger charge is -2.36. The molecule has 1 amide bonds. The Kier molecular flexibility index (Phi) is 4.88. The van der Waals surface area contributed by atoms with Crippen LogP contribution in [0, 0.1) is 0 Å². The third-order valence-electron chi connectivity index (χ3n) is 5.50. The van der Waals surface area contributed by atoms with Crippen molar-refractivity contribution >= 4 is 27.9 Å². The Morgan fingerprint density at radius 1 is 1.00 bits per heavy atom. The van der Waals surface area contributed by atoms with Gasteiger partial charge in [0.25, 0.3) is 5.91 Å². The normalized spacial score (nSPS) is 14.3. The van der Waals surface area contributed by atoms with Crippen molar-refractivity contribution in [3.63, 3.8) is 0 Å². The monoisotopic (exact) mass is 418 g/mol. The number of nitrogens with zero attached hydrogens (tertiary/aromatic N) is 4. The van der Waals surface area contributed by atoms with Gasteiger partial charge in [0.05, 0.1) is 12.8 Å². The summed E-state index contributed by atoms with van der Waals surface area (Å²) in [6.45, 7) is 3.01. The van der Waals surface area contributed by atoms with E-state index in [1.54, 1.807) is 7.11 Å². The molecule has 6 nitrogen and oxygen atoms in total. The molecule has 0 spiro atoms. The average Bonchev–Trinajstić information content (AvgIpc) is 3.41. The van der Waals surface area contributed by atoms with Crippen molar-refractivity contribution in [2.45, 2.75) is 0 Å². The summed E-state index contributed by atoms with van der Waals surface area (Å²) in [6, 6.07) is 18.1. The molecule has 152 valence electrons. The number of hydrogen-bond acceptors (Lipinski definition) is 5. The molecule has 2 aromatic carbocycles. The van der Waals surface area contributed by atoms with Gasteiger partial charge in [0.15, 0.2) is 4.96 Å². The number of benzene rings is 2. The summed E-state index contributed by atoms with van der Waals surface area (Å²) in [4.78, 5) is 23.0. The minimum atomic E-state index is 0.0626. The second-order valence-electron chi connectivity index (χ2n) is 7.24. The van der Waals surface area contributed by atoms with Crippen LogP contribution < -0.4 is 9.64 Å². The summed E-state index contributed by atoms with van der Waals surface area (Å²) < 4.78 is 7.16. The standard InChI is InChI=1S/C23H22N4O2S/c1-29-19-9-7-18(8-10-19)25-11-13-26(14-12-25)22(28)21-16-30-23-24-20(15-27(21)23)17-5-3-2-4-6-17/h2-10,15-16H,11-14H2,1H3. The summed E-state index contributed by atoms with van der Waals surface area (Å²) in [5.41, 5.74) is 3.78. The Morgan fingerprint density at radius 2 is 1.73 bits per heavy atom. The van der Waals surface area contributed by atoms with Gasteiger partial charge in [-0.1, -0.05) is 30.3 Å². The molecule has 7 heteroatoms. The largest absolute Gasteiger partial charge is 0.497 e. The first kappa shape index (κ1) is 18.7. The minimum absolute atomic E-state index is 0.0626. The SMILES string of the molecule is COc1ccc(N2CCN(C(=O)c3csc4nc(-c5ccccc5)cn34)CC2)cc1. The lowest BCUT2D eigenvalue weighted by molar-refractivity contribution is 0.0740. The lowest BCUT2D eigenvalue weighted by Crippen LogP contribution is -2.49. The van der Waals surface area contributed by atoms with Gasteiger partial charge in [-0.2, -0.15) is 0 Å². The lowest BCUT2D eigenvalue weighted by atomic mass is 10.2. The topological polar surface area (TPSA) is 50.1 Å². The van der Waals surface area contributed by atoms with Gasteiger partial charge in [0, 0.05) is 49.0 Å². The number of fused-ring (bicyclic) bond motifs is 1. The van der Waals surface area contributed by atoms with Crippen molar-refractivity contribution in [2.24, 2.45) is 0 Å². The molecule has 1 fully saturated rings. The van der Waals surface area contributed by atoms with E-state index in [9.17, 15) is 4.79 Å². The molecule has 3 heterocycles. The van der Waals surface area contributed by atoms with Gasteiger partial charge in [-0.05, 0) is 24.3 Å². The molecular weight excluding hydrogens is 396 g/mol. The van der Waals surface area contributed by atoms with Gasteiger partial charge in [-0.25, -0.2) is 4.98 Å². The Morgan fingerprint density at radius 3 is 2.43 bits per heavy atom. The molecule has 4 aromatic rings. The average molecular weight is 419 g/mol. The third-order valence-corrected chi connectivity index (χ3v) is 6.34. The zero-order valence-corrected chi connectivity index (χ0v) is 17.5. The number of imidazole rings is 1. The van der Waals surface area contributed by atoms with Crippen LogP contribution in [-0.4, -0.2) is 53.5 Å². The highest BCUT2D eigenvalue weighted by Crippen LogP contribution is 2.25. The number of hydrogen-bond donors (Lipinski definition) is 0. The maximum Gasteiger partial charge on any atom is 0.271 e. The second kappa shape index (κ2) is 7.84. The number of thiazole rings is 1. The Labute approximate surface area is 179 Å². The highest BCUT2D eigenvalue weighted by atomic mass is 32.1. The van der Waals surface area contributed by atoms with E-state index in [4.69, 9.17) is 4.74 Å². The van der Waals surface area contributed by atoms with E-state index in [-0.39, 0.29) is 5.91 Å². The zero-order chi connectivity index (χ0) is 20.5. The number of anilines is 1. The highest BCUT2D eigenvalue weighted by Gasteiger charge is 2.25. The molecule has 1 saturated heterocycles. The van der Waals surface area contributed by atoms with Crippen LogP contribution in [0.15, 0.2) is 66.2 Å². The minimum Gasteiger partial charge on any atom is -0.497 e. The molecule has 0 aliphatic carbocycles. The van der Waals surface area contributed by atoms with Crippen LogP contribution in [0.3, 0.4) is 0 Å². The molecule has 0 saturated carbocycles. The predicted octanol–water partition coefficient (Wildman–Crippen LogP) is 4.03. The number of aromatic nitrogens is 2. The fourth-order valence-corrected chi connectivity index (χ4v) is 4.66. The van der Waals surface area contributed by atoms with E-state index in [1.165, 1.54) is 11.3 Å². The van der Waals surface area contributed by atoms with Crippen LogP contribution in [0.25, 0.3) is 16.2 Å². The van der Waals surface area contributed by atoms with Gasteiger partial charge in [0.1, 0.15) is 11.4 Å². The molecule has 1 aliphatic heterocycles. The van der Waals surface area contributed by atoms with Crippen molar-refractivity contribution in [2.75, 3.05) is 38.2 Å². The first-order valence-electron chi connectivity index (χ1n) is 9.93. The number of methoxy groups -OCH3 is 1.